The van der Waals surface area contributed by atoms with E-state index in [0.717, 1.165) is 62.3 Å². The Morgan fingerprint density at radius 3 is 2.36 bits per heavy atom. The minimum Gasteiger partial charge on any atom is -0.307 e. The van der Waals surface area contributed by atoms with Crippen molar-refractivity contribution in [1.29, 1.82) is 0 Å². The number of halogens is 1. The van der Waals surface area contributed by atoms with E-state index >= 15 is 0 Å². The van der Waals surface area contributed by atoms with Crippen LogP contribution in [0.3, 0.4) is 0 Å². The molecule has 7 heteroatoms. The number of fused-ring (bicyclic) bond motifs is 2. The molecule has 0 N–H and O–H groups in total. The molecule has 2 aliphatic heterocycles. The van der Waals surface area contributed by atoms with Gasteiger partial charge >= 0.3 is 0 Å². The van der Waals surface area contributed by atoms with Crippen LogP contribution in [0.1, 0.15) is 72.9 Å². The van der Waals surface area contributed by atoms with Crippen LogP contribution < -0.4 is 4.90 Å². The fraction of sp³-hybridized carbons (Fsp3) is 0.500. The Labute approximate surface area is 195 Å². The molecule has 3 aliphatic rings. The van der Waals surface area contributed by atoms with Gasteiger partial charge in [0.1, 0.15) is 5.82 Å². The van der Waals surface area contributed by atoms with Gasteiger partial charge in [-0.1, -0.05) is 43.4 Å². The molecular formula is C26H31FN2O3S. The molecule has 0 bridgehead atoms. The van der Waals surface area contributed by atoms with E-state index in [2.05, 4.69) is 13.0 Å². The second kappa shape index (κ2) is 8.51. The van der Waals surface area contributed by atoms with Crippen molar-refractivity contribution >= 4 is 21.6 Å². The average molecular weight is 471 g/mol. The molecule has 1 amide bonds. The number of rotatable bonds is 3. The smallest absolute Gasteiger partial charge is 0.261 e. The summed E-state index contributed by atoms with van der Waals surface area (Å²) < 4.78 is 42.7. The number of aryl methyl sites for hydroxylation is 1. The lowest BCUT2D eigenvalue weighted by Gasteiger charge is -2.34. The number of carbonyl (C=O) groups excluding carboxylic acids is 1. The largest absolute Gasteiger partial charge is 0.307 e. The molecule has 5 rings (SSSR count). The van der Waals surface area contributed by atoms with Gasteiger partial charge in [0.05, 0.1) is 10.5 Å². The van der Waals surface area contributed by atoms with E-state index in [1.54, 1.807) is 4.90 Å². The van der Waals surface area contributed by atoms with Crippen LogP contribution in [0.4, 0.5) is 10.1 Å². The number of hydrogen-bond donors (Lipinski definition) is 0. The lowest BCUT2D eigenvalue weighted by atomic mass is 9.70. The molecule has 2 aromatic carbocycles. The molecule has 1 aliphatic carbocycles. The van der Waals surface area contributed by atoms with Crippen LogP contribution in [0, 0.1) is 12.7 Å². The number of benzene rings is 2. The predicted molar refractivity (Wildman–Crippen MR) is 127 cm³/mol. The summed E-state index contributed by atoms with van der Waals surface area (Å²) in [5.74, 6) is -1.15. The Hall–Kier alpha value is -2.25. The van der Waals surface area contributed by atoms with Crippen LogP contribution in [-0.2, 0) is 15.4 Å². The molecule has 0 atom stereocenters. The van der Waals surface area contributed by atoms with Crippen LogP contribution in [0.25, 0.3) is 0 Å². The standard InChI is InChI=1S/C26H31FN2O3S/c1-19-8-11-24-22(16-19)26(12-4-2-5-13-26)18-29(24)25(30)21-17-20(9-10-23(21)27)33(31,32)28-14-6-3-7-15-28/h8-11,16-17H,2-7,12-15,18H2,1H3. The number of carbonyl (C=O) groups is 1. The van der Waals surface area contributed by atoms with Gasteiger partial charge in [0.2, 0.25) is 10.0 Å². The van der Waals surface area contributed by atoms with Crippen LogP contribution in [0.2, 0.25) is 0 Å². The predicted octanol–water partition coefficient (Wildman–Crippen LogP) is 5.17. The first kappa shape index (κ1) is 22.5. The monoisotopic (exact) mass is 470 g/mol. The molecule has 0 radical (unpaired) electrons. The molecule has 1 saturated heterocycles. The zero-order valence-corrected chi connectivity index (χ0v) is 20.0. The first-order valence-corrected chi connectivity index (χ1v) is 13.5. The maximum absolute atomic E-state index is 14.9. The van der Waals surface area contributed by atoms with Crippen molar-refractivity contribution in [3.8, 4) is 0 Å². The molecule has 2 heterocycles. The fourth-order valence-electron chi connectivity index (χ4n) is 5.85. The highest BCUT2D eigenvalue weighted by Crippen LogP contribution is 2.50. The van der Waals surface area contributed by atoms with Crippen LogP contribution in [0.5, 0.6) is 0 Å². The highest BCUT2D eigenvalue weighted by molar-refractivity contribution is 7.89. The van der Waals surface area contributed by atoms with Crippen molar-refractivity contribution in [3.05, 3.63) is 58.9 Å². The summed E-state index contributed by atoms with van der Waals surface area (Å²) in [5, 5.41) is 0. The second-order valence-corrected chi connectivity index (χ2v) is 11.8. The Morgan fingerprint density at radius 2 is 1.64 bits per heavy atom. The number of sulfonamides is 1. The minimum absolute atomic E-state index is 0.00939. The maximum Gasteiger partial charge on any atom is 0.261 e. The van der Waals surface area contributed by atoms with Crippen LogP contribution in [0.15, 0.2) is 41.3 Å². The number of nitrogens with zero attached hydrogens (tertiary/aromatic N) is 2. The lowest BCUT2D eigenvalue weighted by molar-refractivity contribution is 0.0978. The molecule has 1 spiro atoms. The summed E-state index contributed by atoms with van der Waals surface area (Å²) >= 11 is 0. The number of anilines is 1. The van der Waals surface area contributed by atoms with Gasteiger partial charge in [-0.05, 0) is 62.4 Å². The number of hydrogen-bond acceptors (Lipinski definition) is 3. The molecule has 5 nitrogen and oxygen atoms in total. The van der Waals surface area contributed by atoms with E-state index in [4.69, 9.17) is 0 Å². The Morgan fingerprint density at radius 1 is 0.939 bits per heavy atom. The van der Waals surface area contributed by atoms with Crippen molar-refractivity contribution in [2.45, 2.75) is 68.6 Å². The van der Waals surface area contributed by atoms with Gasteiger partial charge in [-0.3, -0.25) is 4.79 Å². The molecule has 2 fully saturated rings. The van der Waals surface area contributed by atoms with E-state index in [0.29, 0.717) is 19.6 Å². The topological polar surface area (TPSA) is 57.7 Å². The Kier molecular flexibility index (Phi) is 5.81. The fourth-order valence-corrected chi connectivity index (χ4v) is 7.39. The summed E-state index contributed by atoms with van der Waals surface area (Å²) in [6, 6.07) is 9.74. The third-order valence-corrected chi connectivity index (χ3v) is 9.55. The summed E-state index contributed by atoms with van der Waals surface area (Å²) in [6.07, 6.45) is 8.10. The van der Waals surface area contributed by atoms with Crippen molar-refractivity contribution in [2.75, 3.05) is 24.5 Å². The van der Waals surface area contributed by atoms with E-state index in [9.17, 15) is 17.6 Å². The summed E-state index contributed by atoms with van der Waals surface area (Å²) in [7, 11) is -3.76. The van der Waals surface area contributed by atoms with Crippen molar-refractivity contribution in [3.63, 3.8) is 0 Å². The average Bonchev–Trinajstić information content (AvgIpc) is 3.12. The number of piperidine rings is 1. The third kappa shape index (κ3) is 3.89. The van der Waals surface area contributed by atoms with Gasteiger partial charge in [0.15, 0.2) is 0 Å². The number of amides is 1. The molecule has 1 saturated carbocycles. The molecule has 33 heavy (non-hydrogen) atoms. The SMILES string of the molecule is Cc1ccc2c(c1)C1(CCCCC1)CN2C(=O)c1cc(S(=O)(=O)N2CCCCC2)ccc1F. The maximum atomic E-state index is 14.9. The summed E-state index contributed by atoms with van der Waals surface area (Å²) in [5.41, 5.74) is 2.88. The van der Waals surface area contributed by atoms with Gasteiger partial charge in [-0.25, -0.2) is 12.8 Å². The normalized spacial score (nSPS) is 20.7. The van der Waals surface area contributed by atoms with E-state index in [1.807, 2.05) is 12.1 Å². The first-order chi connectivity index (χ1) is 15.8. The zero-order chi connectivity index (χ0) is 23.2. The summed E-state index contributed by atoms with van der Waals surface area (Å²) in [6.45, 7) is 3.50. The van der Waals surface area contributed by atoms with Gasteiger partial charge in [-0.2, -0.15) is 4.31 Å². The molecule has 0 unspecified atom stereocenters. The van der Waals surface area contributed by atoms with E-state index < -0.39 is 21.7 Å². The van der Waals surface area contributed by atoms with E-state index in [-0.39, 0.29) is 15.9 Å². The van der Waals surface area contributed by atoms with Gasteiger partial charge < -0.3 is 4.90 Å². The van der Waals surface area contributed by atoms with Crippen molar-refractivity contribution < 1.29 is 17.6 Å². The van der Waals surface area contributed by atoms with Gasteiger partial charge in [0.25, 0.3) is 5.91 Å². The minimum atomic E-state index is -3.76. The quantitative estimate of drug-likeness (QED) is 0.622. The highest BCUT2D eigenvalue weighted by Gasteiger charge is 2.45. The third-order valence-electron chi connectivity index (χ3n) is 7.65. The van der Waals surface area contributed by atoms with Gasteiger partial charge in [0, 0.05) is 30.7 Å². The molecular weight excluding hydrogens is 439 g/mol. The van der Waals surface area contributed by atoms with Crippen LogP contribution in [-0.4, -0.2) is 38.3 Å². The van der Waals surface area contributed by atoms with E-state index in [1.165, 1.54) is 28.4 Å². The molecule has 0 aromatic heterocycles. The first-order valence-electron chi connectivity index (χ1n) is 12.0. The van der Waals surface area contributed by atoms with Gasteiger partial charge in [-0.15, -0.1) is 0 Å². The Balaban J connectivity index is 1.52. The molecule has 176 valence electrons. The molecule has 2 aromatic rings. The zero-order valence-electron chi connectivity index (χ0n) is 19.1. The summed E-state index contributed by atoms with van der Waals surface area (Å²) in [4.78, 5) is 15.3. The Bertz CT molecular complexity index is 1180. The van der Waals surface area contributed by atoms with Crippen LogP contribution >= 0.6 is 0 Å². The second-order valence-electron chi connectivity index (χ2n) is 9.86. The van der Waals surface area contributed by atoms with Crippen molar-refractivity contribution in [1.82, 2.24) is 4.31 Å². The highest BCUT2D eigenvalue weighted by atomic mass is 32.2. The van der Waals surface area contributed by atoms with Crippen molar-refractivity contribution in [2.24, 2.45) is 0 Å². The lowest BCUT2D eigenvalue weighted by Crippen LogP contribution is -2.39.